The Morgan fingerprint density at radius 2 is 1.78 bits per heavy atom. The smallest absolute Gasteiger partial charge is 0.132 e. The second-order valence-electron chi connectivity index (χ2n) is 4.63. The third-order valence-corrected chi connectivity index (χ3v) is 2.98. The molecule has 0 aliphatic heterocycles. The average molecular weight is 241 g/mol. The van der Waals surface area contributed by atoms with E-state index in [4.69, 9.17) is 5.73 Å². The van der Waals surface area contributed by atoms with Gasteiger partial charge in [-0.15, -0.1) is 0 Å². The van der Waals surface area contributed by atoms with Crippen molar-refractivity contribution in [2.75, 3.05) is 11.9 Å². The number of aryl methyl sites for hydroxylation is 2. The SMILES string of the molecule is Cc1cc(C)cc(N(C)c2ccc(CN)cn2)c1. The van der Waals surface area contributed by atoms with Gasteiger partial charge in [0.05, 0.1) is 0 Å². The maximum absolute atomic E-state index is 5.57. The summed E-state index contributed by atoms with van der Waals surface area (Å²) in [4.78, 5) is 6.51. The van der Waals surface area contributed by atoms with Crippen molar-refractivity contribution in [2.24, 2.45) is 5.73 Å². The van der Waals surface area contributed by atoms with Crippen molar-refractivity contribution in [2.45, 2.75) is 20.4 Å². The highest BCUT2D eigenvalue weighted by atomic mass is 15.2. The Morgan fingerprint density at radius 3 is 2.28 bits per heavy atom. The Kier molecular flexibility index (Phi) is 3.63. The standard InChI is InChI=1S/C15H19N3/c1-11-6-12(2)8-14(7-11)18(3)15-5-4-13(9-16)10-17-15/h4-8,10H,9,16H2,1-3H3. The highest BCUT2D eigenvalue weighted by Crippen LogP contribution is 2.23. The Hall–Kier alpha value is -1.87. The van der Waals surface area contributed by atoms with Gasteiger partial charge in [-0.05, 0) is 48.7 Å². The second kappa shape index (κ2) is 5.19. The number of benzene rings is 1. The summed E-state index contributed by atoms with van der Waals surface area (Å²) >= 11 is 0. The number of nitrogens with zero attached hydrogens (tertiary/aromatic N) is 2. The van der Waals surface area contributed by atoms with Gasteiger partial charge in [0.1, 0.15) is 5.82 Å². The number of pyridine rings is 1. The number of nitrogens with two attached hydrogens (primary N) is 1. The first-order valence-corrected chi connectivity index (χ1v) is 6.07. The fourth-order valence-corrected chi connectivity index (χ4v) is 2.01. The van der Waals surface area contributed by atoms with Crippen LogP contribution in [0.15, 0.2) is 36.5 Å². The van der Waals surface area contributed by atoms with E-state index < -0.39 is 0 Å². The van der Waals surface area contributed by atoms with Gasteiger partial charge >= 0.3 is 0 Å². The van der Waals surface area contributed by atoms with Crippen LogP contribution in [0.3, 0.4) is 0 Å². The van der Waals surface area contributed by atoms with Crippen LogP contribution in [0.25, 0.3) is 0 Å². The molecule has 18 heavy (non-hydrogen) atoms. The van der Waals surface area contributed by atoms with Crippen molar-refractivity contribution in [1.82, 2.24) is 4.98 Å². The first kappa shape index (κ1) is 12.6. The van der Waals surface area contributed by atoms with E-state index in [2.05, 4.69) is 41.9 Å². The predicted octanol–water partition coefficient (Wildman–Crippen LogP) is 2.93. The van der Waals surface area contributed by atoms with Crippen molar-refractivity contribution in [3.63, 3.8) is 0 Å². The minimum Gasteiger partial charge on any atom is -0.329 e. The molecular weight excluding hydrogens is 222 g/mol. The first-order chi connectivity index (χ1) is 8.60. The molecule has 0 saturated carbocycles. The highest BCUT2D eigenvalue weighted by Gasteiger charge is 2.06. The van der Waals surface area contributed by atoms with Gasteiger partial charge in [0, 0.05) is 25.5 Å². The van der Waals surface area contributed by atoms with E-state index in [9.17, 15) is 0 Å². The fourth-order valence-electron chi connectivity index (χ4n) is 2.01. The maximum Gasteiger partial charge on any atom is 0.132 e. The van der Waals surface area contributed by atoms with E-state index in [0.717, 1.165) is 17.1 Å². The summed E-state index contributed by atoms with van der Waals surface area (Å²) in [6.45, 7) is 4.74. The van der Waals surface area contributed by atoms with Crippen molar-refractivity contribution < 1.29 is 0 Å². The van der Waals surface area contributed by atoms with Crippen molar-refractivity contribution >= 4 is 11.5 Å². The molecule has 2 rings (SSSR count). The number of rotatable bonds is 3. The molecule has 0 saturated heterocycles. The Balaban J connectivity index is 2.31. The summed E-state index contributed by atoms with van der Waals surface area (Å²) in [6.07, 6.45) is 1.83. The molecule has 0 amide bonds. The predicted molar refractivity (Wildman–Crippen MR) is 76.1 cm³/mol. The molecule has 94 valence electrons. The zero-order valence-electron chi connectivity index (χ0n) is 11.1. The second-order valence-corrected chi connectivity index (χ2v) is 4.63. The molecule has 2 N–H and O–H groups in total. The van der Waals surface area contributed by atoms with Crippen LogP contribution in [0.4, 0.5) is 11.5 Å². The van der Waals surface area contributed by atoms with E-state index >= 15 is 0 Å². The monoisotopic (exact) mass is 241 g/mol. The van der Waals surface area contributed by atoms with E-state index in [1.165, 1.54) is 11.1 Å². The molecule has 1 aromatic heterocycles. The molecule has 0 radical (unpaired) electrons. The summed E-state index contributed by atoms with van der Waals surface area (Å²) in [5.41, 5.74) is 10.3. The van der Waals surface area contributed by atoms with Crippen LogP contribution in [0.5, 0.6) is 0 Å². The molecule has 0 atom stereocenters. The third-order valence-electron chi connectivity index (χ3n) is 2.98. The molecule has 1 heterocycles. The quantitative estimate of drug-likeness (QED) is 0.898. The molecule has 3 nitrogen and oxygen atoms in total. The van der Waals surface area contributed by atoms with E-state index in [1.807, 2.05) is 25.4 Å². The molecule has 3 heteroatoms. The average Bonchev–Trinajstić information content (AvgIpc) is 2.37. The zero-order chi connectivity index (χ0) is 13.1. The molecule has 0 bridgehead atoms. The van der Waals surface area contributed by atoms with Gasteiger partial charge in [-0.3, -0.25) is 0 Å². The summed E-state index contributed by atoms with van der Waals surface area (Å²) in [5, 5.41) is 0. The van der Waals surface area contributed by atoms with Crippen LogP contribution < -0.4 is 10.6 Å². The third kappa shape index (κ3) is 2.68. The summed E-state index contributed by atoms with van der Waals surface area (Å²) in [5.74, 6) is 0.928. The minimum absolute atomic E-state index is 0.528. The number of aromatic nitrogens is 1. The Labute approximate surface area is 108 Å². The van der Waals surface area contributed by atoms with Crippen LogP contribution in [0, 0.1) is 13.8 Å². The lowest BCUT2D eigenvalue weighted by molar-refractivity contribution is 1.03. The molecule has 0 aliphatic carbocycles. The molecule has 0 aliphatic rings. The number of anilines is 2. The topological polar surface area (TPSA) is 42.1 Å². The van der Waals surface area contributed by atoms with Crippen molar-refractivity contribution in [1.29, 1.82) is 0 Å². The zero-order valence-corrected chi connectivity index (χ0v) is 11.1. The van der Waals surface area contributed by atoms with Gasteiger partial charge < -0.3 is 10.6 Å². The lowest BCUT2D eigenvalue weighted by Crippen LogP contribution is -2.12. The molecule has 0 unspecified atom stereocenters. The number of hydrogen-bond acceptors (Lipinski definition) is 3. The van der Waals surface area contributed by atoms with Crippen LogP contribution in [0.2, 0.25) is 0 Å². The lowest BCUT2D eigenvalue weighted by atomic mass is 10.1. The summed E-state index contributed by atoms with van der Waals surface area (Å²) in [7, 11) is 2.03. The van der Waals surface area contributed by atoms with Gasteiger partial charge in [-0.2, -0.15) is 0 Å². The van der Waals surface area contributed by atoms with Gasteiger partial charge in [-0.25, -0.2) is 4.98 Å². The minimum atomic E-state index is 0.528. The van der Waals surface area contributed by atoms with Gasteiger partial charge in [0.15, 0.2) is 0 Å². The first-order valence-electron chi connectivity index (χ1n) is 6.07. The van der Waals surface area contributed by atoms with E-state index in [-0.39, 0.29) is 0 Å². The van der Waals surface area contributed by atoms with Crippen LogP contribution in [-0.2, 0) is 6.54 Å². The molecular formula is C15H19N3. The van der Waals surface area contributed by atoms with E-state index in [1.54, 1.807) is 0 Å². The Bertz CT molecular complexity index is 512. The largest absolute Gasteiger partial charge is 0.329 e. The van der Waals surface area contributed by atoms with Crippen LogP contribution in [-0.4, -0.2) is 12.0 Å². The van der Waals surface area contributed by atoms with Gasteiger partial charge in [0.25, 0.3) is 0 Å². The number of hydrogen-bond donors (Lipinski definition) is 1. The normalized spacial score (nSPS) is 10.4. The highest BCUT2D eigenvalue weighted by molar-refractivity contribution is 5.61. The lowest BCUT2D eigenvalue weighted by Gasteiger charge is -2.19. The van der Waals surface area contributed by atoms with Gasteiger partial charge in [0.2, 0.25) is 0 Å². The summed E-state index contributed by atoms with van der Waals surface area (Å²) < 4.78 is 0. The fraction of sp³-hybridized carbons (Fsp3) is 0.267. The van der Waals surface area contributed by atoms with Crippen molar-refractivity contribution in [3.8, 4) is 0 Å². The molecule has 2 aromatic rings. The Morgan fingerprint density at radius 1 is 1.11 bits per heavy atom. The van der Waals surface area contributed by atoms with E-state index in [0.29, 0.717) is 6.54 Å². The van der Waals surface area contributed by atoms with Gasteiger partial charge in [-0.1, -0.05) is 12.1 Å². The van der Waals surface area contributed by atoms with Crippen molar-refractivity contribution in [3.05, 3.63) is 53.2 Å². The van der Waals surface area contributed by atoms with Crippen LogP contribution in [0.1, 0.15) is 16.7 Å². The maximum atomic E-state index is 5.57. The van der Waals surface area contributed by atoms with Crippen LogP contribution >= 0.6 is 0 Å². The molecule has 0 fully saturated rings. The molecule has 0 spiro atoms. The summed E-state index contributed by atoms with van der Waals surface area (Å²) in [6, 6.07) is 10.5. The molecule has 1 aromatic carbocycles.